The summed E-state index contributed by atoms with van der Waals surface area (Å²) < 4.78 is 11.2. The molecule has 0 unspecified atom stereocenters. The van der Waals surface area contributed by atoms with Crippen LogP contribution in [0.3, 0.4) is 0 Å². The molecule has 0 aliphatic carbocycles. The van der Waals surface area contributed by atoms with Crippen LogP contribution in [0.5, 0.6) is 5.75 Å². The van der Waals surface area contributed by atoms with Crippen LogP contribution in [0.15, 0.2) is 24.3 Å². The number of benzene rings is 1. The fourth-order valence-electron chi connectivity index (χ4n) is 3.36. The fourth-order valence-corrected chi connectivity index (χ4v) is 3.36. The molecule has 0 saturated carbocycles. The van der Waals surface area contributed by atoms with E-state index in [0.717, 1.165) is 51.1 Å². The molecule has 124 valence electrons. The lowest BCUT2D eigenvalue weighted by Gasteiger charge is -2.29. The van der Waals surface area contributed by atoms with Crippen LogP contribution in [0.4, 0.5) is 0 Å². The molecule has 5 nitrogen and oxygen atoms in total. The molecule has 0 radical (unpaired) electrons. The van der Waals surface area contributed by atoms with Crippen molar-refractivity contribution in [1.29, 1.82) is 5.26 Å². The van der Waals surface area contributed by atoms with E-state index in [0.29, 0.717) is 12.2 Å². The number of rotatable bonds is 6. The summed E-state index contributed by atoms with van der Waals surface area (Å²) in [5, 5.41) is 8.90. The molecule has 1 aromatic carbocycles. The van der Waals surface area contributed by atoms with E-state index < -0.39 is 0 Å². The van der Waals surface area contributed by atoms with Gasteiger partial charge in [-0.1, -0.05) is 6.07 Å². The number of likely N-dealkylation sites (tertiary alicyclic amines) is 1. The summed E-state index contributed by atoms with van der Waals surface area (Å²) in [5.41, 5.74) is 0.647. The van der Waals surface area contributed by atoms with Gasteiger partial charge in [-0.25, -0.2) is 0 Å². The predicted octanol–water partition coefficient (Wildman–Crippen LogP) is 1.59. The highest BCUT2D eigenvalue weighted by Gasteiger charge is 2.24. The standard InChI is InChI=1S/C18H25N3O2/c19-13-16-2-1-3-18(12-16)23-11-8-20-5-4-17(14-20)15-21-6-9-22-10-7-21/h1-3,12,17H,4-11,14-15H2/t17-/m0/s1. The van der Waals surface area contributed by atoms with E-state index in [1.165, 1.54) is 19.5 Å². The molecule has 23 heavy (non-hydrogen) atoms. The fraction of sp³-hybridized carbons (Fsp3) is 0.611. The molecule has 5 heteroatoms. The van der Waals surface area contributed by atoms with Crippen molar-refractivity contribution in [3.8, 4) is 11.8 Å². The molecule has 2 saturated heterocycles. The first-order chi connectivity index (χ1) is 11.3. The van der Waals surface area contributed by atoms with Gasteiger partial charge < -0.3 is 9.47 Å². The summed E-state index contributed by atoms with van der Waals surface area (Å²) in [6, 6.07) is 9.50. The summed E-state index contributed by atoms with van der Waals surface area (Å²) in [7, 11) is 0. The Morgan fingerprint density at radius 1 is 1.22 bits per heavy atom. The highest BCUT2D eigenvalue weighted by atomic mass is 16.5. The van der Waals surface area contributed by atoms with Crippen molar-refractivity contribution in [3.05, 3.63) is 29.8 Å². The van der Waals surface area contributed by atoms with Gasteiger partial charge in [-0.15, -0.1) is 0 Å². The van der Waals surface area contributed by atoms with Crippen LogP contribution in [0.1, 0.15) is 12.0 Å². The number of morpholine rings is 1. The molecule has 0 N–H and O–H groups in total. The van der Waals surface area contributed by atoms with E-state index in [9.17, 15) is 0 Å². The van der Waals surface area contributed by atoms with Crippen LogP contribution < -0.4 is 4.74 Å². The Labute approximate surface area is 138 Å². The quantitative estimate of drug-likeness (QED) is 0.798. The van der Waals surface area contributed by atoms with Gasteiger partial charge in [-0.2, -0.15) is 5.26 Å². The minimum Gasteiger partial charge on any atom is -0.492 e. The van der Waals surface area contributed by atoms with E-state index in [4.69, 9.17) is 14.7 Å². The second-order valence-corrected chi connectivity index (χ2v) is 6.36. The Balaban J connectivity index is 1.36. The second-order valence-electron chi connectivity index (χ2n) is 6.36. The Morgan fingerprint density at radius 2 is 2.09 bits per heavy atom. The van der Waals surface area contributed by atoms with Crippen molar-refractivity contribution in [2.75, 3.05) is 59.1 Å². The van der Waals surface area contributed by atoms with Crippen molar-refractivity contribution >= 4 is 0 Å². The first-order valence-corrected chi connectivity index (χ1v) is 8.49. The zero-order valence-electron chi connectivity index (χ0n) is 13.6. The van der Waals surface area contributed by atoms with Crippen LogP contribution >= 0.6 is 0 Å². The second kappa shape index (κ2) is 8.30. The summed E-state index contributed by atoms with van der Waals surface area (Å²) in [4.78, 5) is 5.01. The average molecular weight is 315 g/mol. The van der Waals surface area contributed by atoms with Crippen LogP contribution in [-0.4, -0.2) is 68.9 Å². The number of ether oxygens (including phenoxy) is 2. The van der Waals surface area contributed by atoms with Crippen molar-refractivity contribution in [3.63, 3.8) is 0 Å². The topological polar surface area (TPSA) is 48.7 Å². The molecule has 3 rings (SSSR count). The van der Waals surface area contributed by atoms with Crippen LogP contribution in [-0.2, 0) is 4.74 Å². The van der Waals surface area contributed by atoms with E-state index in [2.05, 4.69) is 15.9 Å². The normalized spacial score (nSPS) is 22.8. The Morgan fingerprint density at radius 3 is 2.91 bits per heavy atom. The molecule has 2 heterocycles. The highest BCUT2D eigenvalue weighted by Crippen LogP contribution is 2.18. The summed E-state index contributed by atoms with van der Waals surface area (Å²) in [6.45, 7) is 9.08. The molecule has 2 aliphatic heterocycles. The van der Waals surface area contributed by atoms with Crippen LogP contribution in [0, 0.1) is 17.2 Å². The van der Waals surface area contributed by atoms with Crippen molar-refractivity contribution in [2.24, 2.45) is 5.92 Å². The molecular weight excluding hydrogens is 290 g/mol. The zero-order chi connectivity index (χ0) is 15.9. The van der Waals surface area contributed by atoms with Crippen molar-refractivity contribution < 1.29 is 9.47 Å². The SMILES string of the molecule is N#Cc1cccc(OCCN2CC[C@H](CN3CCOCC3)C2)c1. The van der Waals surface area contributed by atoms with E-state index >= 15 is 0 Å². The lowest BCUT2D eigenvalue weighted by Crippen LogP contribution is -2.40. The first-order valence-electron chi connectivity index (χ1n) is 8.49. The first kappa shape index (κ1) is 16.3. The molecule has 0 spiro atoms. The lowest BCUT2D eigenvalue weighted by atomic mass is 10.1. The third-order valence-electron chi connectivity index (χ3n) is 4.63. The molecule has 2 aliphatic rings. The van der Waals surface area contributed by atoms with Gasteiger partial charge in [-0.05, 0) is 37.1 Å². The molecule has 1 aromatic rings. The van der Waals surface area contributed by atoms with E-state index in [1.54, 1.807) is 12.1 Å². The van der Waals surface area contributed by atoms with Gasteiger partial charge in [0.25, 0.3) is 0 Å². The van der Waals surface area contributed by atoms with Crippen molar-refractivity contribution in [1.82, 2.24) is 9.80 Å². The van der Waals surface area contributed by atoms with Crippen LogP contribution in [0.2, 0.25) is 0 Å². The number of nitriles is 1. The molecule has 0 bridgehead atoms. The van der Waals surface area contributed by atoms with Gasteiger partial charge in [0, 0.05) is 32.7 Å². The smallest absolute Gasteiger partial charge is 0.120 e. The Bertz CT molecular complexity index is 537. The maximum atomic E-state index is 8.90. The lowest BCUT2D eigenvalue weighted by molar-refractivity contribution is 0.0311. The molecule has 1 atom stereocenters. The number of nitrogens with zero attached hydrogens (tertiary/aromatic N) is 3. The third kappa shape index (κ3) is 4.93. The molecular formula is C18H25N3O2. The van der Waals surface area contributed by atoms with Gasteiger partial charge in [0.2, 0.25) is 0 Å². The average Bonchev–Trinajstić information content (AvgIpc) is 3.03. The monoisotopic (exact) mass is 315 g/mol. The van der Waals surface area contributed by atoms with E-state index in [1.807, 2.05) is 12.1 Å². The zero-order valence-corrected chi connectivity index (χ0v) is 13.6. The minimum absolute atomic E-state index is 0.647. The molecule has 0 amide bonds. The predicted molar refractivity (Wildman–Crippen MR) is 88.5 cm³/mol. The number of hydrogen-bond donors (Lipinski definition) is 0. The minimum atomic E-state index is 0.647. The Kier molecular flexibility index (Phi) is 5.87. The number of hydrogen-bond acceptors (Lipinski definition) is 5. The Hall–Kier alpha value is -1.61. The van der Waals surface area contributed by atoms with Gasteiger partial charge >= 0.3 is 0 Å². The van der Waals surface area contributed by atoms with Gasteiger partial charge in [0.1, 0.15) is 12.4 Å². The van der Waals surface area contributed by atoms with Gasteiger partial charge in [0.05, 0.1) is 24.8 Å². The van der Waals surface area contributed by atoms with Gasteiger partial charge in [-0.3, -0.25) is 9.80 Å². The maximum Gasteiger partial charge on any atom is 0.120 e. The van der Waals surface area contributed by atoms with E-state index in [-0.39, 0.29) is 0 Å². The van der Waals surface area contributed by atoms with Crippen LogP contribution in [0.25, 0.3) is 0 Å². The maximum absolute atomic E-state index is 8.90. The van der Waals surface area contributed by atoms with Crippen molar-refractivity contribution in [2.45, 2.75) is 6.42 Å². The largest absolute Gasteiger partial charge is 0.492 e. The highest BCUT2D eigenvalue weighted by molar-refractivity contribution is 5.36. The summed E-state index contributed by atoms with van der Waals surface area (Å²) in [5.74, 6) is 1.56. The van der Waals surface area contributed by atoms with Gasteiger partial charge in [0.15, 0.2) is 0 Å². The third-order valence-corrected chi connectivity index (χ3v) is 4.63. The summed E-state index contributed by atoms with van der Waals surface area (Å²) >= 11 is 0. The summed E-state index contributed by atoms with van der Waals surface area (Å²) in [6.07, 6.45) is 1.28. The molecule has 2 fully saturated rings. The molecule has 0 aromatic heterocycles.